The number of carbonyl (C=O) groups is 1. The fourth-order valence-corrected chi connectivity index (χ4v) is 4.52. The van der Waals surface area contributed by atoms with E-state index in [0.717, 1.165) is 58.3 Å². The van der Waals surface area contributed by atoms with Crippen LogP contribution < -0.4 is 20.1 Å². The van der Waals surface area contributed by atoms with Crippen LogP contribution in [0.3, 0.4) is 0 Å². The molecule has 2 aromatic heterocycles. The van der Waals surface area contributed by atoms with Gasteiger partial charge >= 0.3 is 0 Å². The summed E-state index contributed by atoms with van der Waals surface area (Å²) < 4.78 is 11.3. The molecule has 4 heterocycles. The lowest BCUT2D eigenvalue weighted by molar-refractivity contribution is 0.102. The Labute approximate surface area is 172 Å². The van der Waals surface area contributed by atoms with Gasteiger partial charge < -0.3 is 20.1 Å². The number of hydrogen-bond acceptors (Lipinski definition) is 7. The van der Waals surface area contributed by atoms with Crippen LogP contribution in [0.15, 0.2) is 30.5 Å². The number of anilines is 1. The number of thiazole rings is 1. The molecule has 0 aliphatic carbocycles. The molecule has 0 bridgehead atoms. The number of benzene rings is 1. The van der Waals surface area contributed by atoms with Gasteiger partial charge in [-0.05, 0) is 36.8 Å². The number of rotatable bonds is 3. The first kappa shape index (κ1) is 18.1. The third kappa shape index (κ3) is 3.45. The van der Waals surface area contributed by atoms with E-state index in [4.69, 9.17) is 9.47 Å². The van der Waals surface area contributed by atoms with Crippen LogP contribution in [0.2, 0.25) is 0 Å². The molecule has 0 radical (unpaired) electrons. The Kier molecular flexibility index (Phi) is 4.65. The number of ether oxygens (including phenoxy) is 2. The minimum absolute atomic E-state index is 0.188. The molecule has 0 saturated carbocycles. The maximum Gasteiger partial charge on any atom is 0.284 e. The van der Waals surface area contributed by atoms with Crippen molar-refractivity contribution in [1.29, 1.82) is 0 Å². The second-order valence-electron chi connectivity index (χ2n) is 6.96. The molecule has 2 aliphatic rings. The maximum absolute atomic E-state index is 12.8. The number of nitrogens with one attached hydrogen (secondary N) is 2. The van der Waals surface area contributed by atoms with Crippen LogP contribution >= 0.6 is 11.3 Å². The van der Waals surface area contributed by atoms with E-state index in [-0.39, 0.29) is 5.91 Å². The zero-order valence-corrected chi connectivity index (χ0v) is 16.8. The second-order valence-corrected chi connectivity index (χ2v) is 8.04. The molecule has 2 aliphatic heterocycles. The van der Waals surface area contributed by atoms with Crippen molar-refractivity contribution in [3.05, 3.63) is 51.6 Å². The molecule has 0 unspecified atom stereocenters. The lowest BCUT2D eigenvalue weighted by atomic mass is 10.0. The molecule has 2 N–H and O–H groups in total. The van der Waals surface area contributed by atoms with Crippen molar-refractivity contribution in [3.63, 3.8) is 0 Å². The lowest BCUT2D eigenvalue weighted by Gasteiger charge is -2.19. The Morgan fingerprint density at radius 3 is 2.93 bits per heavy atom. The van der Waals surface area contributed by atoms with Gasteiger partial charge in [0.1, 0.15) is 13.2 Å². The number of carbonyl (C=O) groups excluding carboxylic acids is 1. The summed E-state index contributed by atoms with van der Waals surface area (Å²) >= 11 is 1.45. The summed E-state index contributed by atoms with van der Waals surface area (Å²) in [5, 5.41) is 6.81. The highest BCUT2D eigenvalue weighted by molar-refractivity contribution is 7.13. The Balaban J connectivity index is 1.42. The molecule has 0 atom stereocenters. The fourth-order valence-electron chi connectivity index (χ4n) is 3.55. The quantitative estimate of drug-likeness (QED) is 0.692. The smallest absolute Gasteiger partial charge is 0.284 e. The van der Waals surface area contributed by atoms with Gasteiger partial charge in [0.15, 0.2) is 16.5 Å². The molecule has 0 saturated heterocycles. The van der Waals surface area contributed by atoms with Crippen LogP contribution in [0.1, 0.15) is 25.9 Å². The molecule has 5 rings (SSSR count). The third-order valence-electron chi connectivity index (χ3n) is 5.06. The molecule has 0 spiro atoms. The molecule has 7 nitrogen and oxygen atoms in total. The summed E-state index contributed by atoms with van der Waals surface area (Å²) in [6.07, 6.45) is 2.56. The summed E-state index contributed by atoms with van der Waals surface area (Å²) in [5.74, 6) is 1.27. The maximum atomic E-state index is 12.8. The van der Waals surface area contributed by atoms with Crippen molar-refractivity contribution >= 4 is 22.9 Å². The molecular weight excluding hydrogens is 388 g/mol. The molecule has 1 aromatic carbocycles. The van der Waals surface area contributed by atoms with Crippen LogP contribution in [-0.2, 0) is 13.0 Å². The number of fused-ring (bicyclic) bond motifs is 2. The first-order chi connectivity index (χ1) is 14.2. The van der Waals surface area contributed by atoms with E-state index < -0.39 is 0 Å². The molecule has 3 aromatic rings. The number of amides is 1. The van der Waals surface area contributed by atoms with Crippen molar-refractivity contribution in [3.8, 4) is 22.8 Å². The van der Waals surface area contributed by atoms with Crippen LogP contribution in [0.5, 0.6) is 11.5 Å². The van der Waals surface area contributed by atoms with Crippen LogP contribution in [0, 0.1) is 6.92 Å². The largest absolute Gasteiger partial charge is 0.486 e. The highest BCUT2D eigenvalue weighted by Crippen LogP contribution is 2.36. The SMILES string of the molecule is Cc1c(NC(=O)c2nc3c(s2)CNCC3)ccnc1-c1ccc2c(c1)OCCO2. The Morgan fingerprint density at radius 1 is 1.21 bits per heavy atom. The van der Waals surface area contributed by atoms with Crippen LogP contribution in [0.25, 0.3) is 11.3 Å². The van der Waals surface area contributed by atoms with Gasteiger partial charge in [-0.25, -0.2) is 4.98 Å². The minimum atomic E-state index is -0.188. The zero-order valence-electron chi connectivity index (χ0n) is 15.9. The summed E-state index contributed by atoms with van der Waals surface area (Å²) in [5.41, 5.74) is 4.35. The van der Waals surface area contributed by atoms with E-state index in [2.05, 4.69) is 20.6 Å². The van der Waals surface area contributed by atoms with Gasteiger partial charge in [0, 0.05) is 41.8 Å². The van der Waals surface area contributed by atoms with Gasteiger partial charge in [-0.3, -0.25) is 9.78 Å². The van der Waals surface area contributed by atoms with Crippen molar-refractivity contribution in [1.82, 2.24) is 15.3 Å². The molecule has 148 valence electrons. The number of aromatic nitrogens is 2. The predicted octanol–water partition coefficient (Wildman–Crippen LogP) is 3.18. The van der Waals surface area contributed by atoms with Crippen LogP contribution in [0.4, 0.5) is 5.69 Å². The van der Waals surface area contributed by atoms with Crippen molar-refractivity contribution in [2.24, 2.45) is 0 Å². The van der Waals surface area contributed by atoms with Gasteiger partial charge in [-0.15, -0.1) is 11.3 Å². The summed E-state index contributed by atoms with van der Waals surface area (Å²) in [4.78, 5) is 23.0. The second kappa shape index (κ2) is 7.46. The van der Waals surface area contributed by atoms with Crippen molar-refractivity contribution < 1.29 is 14.3 Å². The average Bonchev–Trinajstić information content (AvgIpc) is 3.19. The Morgan fingerprint density at radius 2 is 2.07 bits per heavy atom. The monoisotopic (exact) mass is 408 g/mol. The first-order valence-electron chi connectivity index (χ1n) is 9.55. The number of pyridine rings is 1. The molecule has 0 fully saturated rings. The standard InChI is InChI=1S/C21H20N4O3S/c1-12-14(24-20(26)21-25-15-4-6-22-11-18(15)29-21)5-7-23-19(12)13-2-3-16-17(10-13)28-9-8-27-16/h2-3,5,7,10,22H,4,6,8-9,11H2,1H3,(H,23,24,26). The highest BCUT2D eigenvalue weighted by Gasteiger charge is 2.20. The average molecular weight is 408 g/mol. The number of nitrogens with zero attached hydrogens (tertiary/aromatic N) is 2. The van der Waals surface area contributed by atoms with E-state index in [9.17, 15) is 4.79 Å². The normalized spacial score (nSPS) is 14.9. The van der Waals surface area contributed by atoms with E-state index in [1.807, 2.05) is 31.2 Å². The van der Waals surface area contributed by atoms with Gasteiger partial charge in [0.05, 0.1) is 11.4 Å². The Hall–Kier alpha value is -2.97. The fraction of sp³-hybridized carbons (Fsp3) is 0.286. The van der Waals surface area contributed by atoms with Crippen molar-refractivity contribution in [2.45, 2.75) is 19.9 Å². The summed E-state index contributed by atoms with van der Waals surface area (Å²) in [6.45, 7) is 4.72. The van der Waals surface area contributed by atoms with E-state index in [1.165, 1.54) is 11.3 Å². The predicted molar refractivity (Wildman–Crippen MR) is 111 cm³/mol. The lowest BCUT2D eigenvalue weighted by Crippen LogP contribution is -2.22. The zero-order chi connectivity index (χ0) is 19.8. The van der Waals surface area contributed by atoms with E-state index in [1.54, 1.807) is 6.20 Å². The van der Waals surface area contributed by atoms with Crippen molar-refractivity contribution in [2.75, 3.05) is 25.1 Å². The topological polar surface area (TPSA) is 85.4 Å². The van der Waals surface area contributed by atoms with E-state index in [0.29, 0.717) is 24.0 Å². The Bertz CT molecular complexity index is 1070. The van der Waals surface area contributed by atoms with Gasteiger partial charge in [0.2, 0.25) is 0 Å². The van der Waals surface area contributed by atoms with Crippen LogP contribution in [-0.4, -0.2) is 35.6 Å². The summed E-state index contributed by atoms with van der Waals surface area (Å²) in [6, 6.07) is 7.59. The highest BCUT2D eigenvalue weighted by atomic mass is 32.1. The molecule has 8 heteroatoms. The van der Waals surface area contributed by atoms with Gasteiger partial charge in [-0.1, -0.05) is 0 Å². The van der Waals surface area contributed by atoms with Gasteiger partial charge in [0.25, 0.3) is 5.91 Å². The van der Waals surface area contributed by atoms with Gasteiger partial charge in [-0.2, -0.15) is 0 Å². The molecule has 1 amide bonds. The van der Waals surface area contributed by atoms with E-state index >= 15 is 0 Å². The number of hydrogen-bond donors (Lipinski definition) is 2. The minimum Gasteiger partial charge on any atom is -0.486 e. The molecule has 29 heavy (non-hydrogen) atoms. The summed E-state index contributed by atoms with van der Waals surface area (Å²) in [7, 11) is 0. The first-order valence-corrected chi connectivity index (χ1v) is 10.4. The third-order valence-corrected chi connectivity index (χ3v) is 6.16. The molecular formula is C21H20N4O3S.